The fourth-order valence-corrected chi connectivity index (χ4v) is 5.80. The number of carbonyl (C=O) groups excluding carboxylic acids is 1. The molecule has 0 amide bonds. The van der Waals surface area contributed by atoms with Crippen LogP contribution in [0.1, 0.15) is 34.5 Å². The Balaban J connectivity index is 1.69. The molecular weight excluding hydrogens is 534 g/mol. The zero-order valence-corrected chi connectivity index (χ0v) is 21.8. The van der Waals surface area contributed by atoms with Crippen LogP contribution in [0.5, 0.6) is 0 Å². The maximum Gasteiger partial charge on any atom is 0.339 e. The van der Waals surface area contributed by atoms with Crippen LogP contribution in [0.25, 0.3) is 0 Å². The van der Waals surface area contributed by atoms with Crippen LogP contribution >= 0.6 is 11.6 Å². The Labute approximate surface area is 224 Å². The largest absolute Gasteiger partial charge is 0.462 e. The molecule has 0 saturated heterocycles. The highest BCUT2D eigenvalue weighted by Crippen LogP contribution is 2.36. The highest BCUT2D eigenvalue weighted by molar-refractivity contribution is 7.92. The normalized spacial score (nSPS) is 12.1. The number of esters is 1. The minimum absolute atomic E-state index is 0.00964. The molecular formula is C28H23ClF2N2O4S. The summed E-state index contributed by atoms with van der Waals surface area (Å²) in [6.45, 7) is 1.59. The fraction of sp³-hybridized carbons (Fsp3) is 0.143. The van der Waals surface area contributed by atoms with Gasteiger partial charge in [0, 0.05) is 29.9 Å². The lowest BCUT2D eigenvalue weighted by Gasteiger charge is -2.32. The summed E-state index contributed by atoms with van der Waals surface area (Å²) in [6, 6.07) is 17.2. The van der Waals surface area contributed by atoms with Crippen molar-refractivity contribution in [2.45, 2.75) is 24.3 Å². The molecule has 38 heavy (non-hydrogen) atoms. The summed E-state index contributed by atoms with van der Waals surface area (Å²) in [7, 11) is -4.37. The number of anilines is 1. The number of nitrogens with zero attached hydrogens (tertiary/aromatic N) is 2. The third kappa shape index (κ3) is 6.00. The molecule has 0 radical (unpaired) electrons. The summed E-state index contributed by atoms with van der Waals surface area (Å²) < 4.78 is 63.1. The van der Waals surface area contributed by atoms with Gasteiger partial charge >= 0.3 is 5.97 Å². The van der Waals surface area contributed by atoms with Gasteiger partial charge in [0.15, 0.2) is 0 Å². The molecule has 0 saturated carbocycles. The number of pyridine rings is 1. The van der Waals surface area contributed by atoms with Crippen molar-refractivity contribution in [3.8, 4) is 0 Å². The first-order valence-electron chi connectivity index (χ1n) is 11.6. The number of sulfonamides is 1. The van der Waals surface area contributed by atoms with E-state index in [1.165, 1.54) is 30.5 Å². The molecule has 196 valence electrons. The number of benzene rings is 3. The van der Waals surface area contributed by atoms with E-state index in [4.69, 9.17) is 16.3 Å². The molecule has 1 heterocycles. The van der Waals surface area contributed by atoms with Crippen molar-refractivity contribution < 1.29 is 26.7 Å². The van der Waals surface area contributed by atoms with Crippen molar-refractivity contribution in [3.05, 3.63) is 125 Å². The maximum atomic E-state index is 15.0. The molecule has 0 aliphatic carbocycles. The fourth-order valence-electron chi connectivity index (χ4n) is 4.04. The Morgan fingerprint density at radius 3 is 2.47 bits per heavy atom. The van der Waals surface area contributed by atoms with Gasteiger partial charge in [0.25, 0.3) is 10.0 Å². The Morgan fingerprint density at radius 1 is 1.03 bits per heavy atom. The lowest BCUT2D eigenvalue weighted by Crippen LogP contribution is -2.35. The summed E-state index contributed by atoms with van der Waals surface area (Å²) in [5.41, 5.74) is 1.07. The van der Waals surface area contributed by atoms with Gasteiger partial charge in [0.05, 0.1) is 28.8 Å². The van der Waals surface area contributed by atoms with E-state index >= 15 is 4.39 Å². The van der Waals surface area contributed by atoms with Crippen molar-refractivity contribution in [2.24, 2.45) is 0 Å². The standard InChI is InChI=1S/C28H23ClF2N2O4S/c1-19(25-7-3-2-5-20(25)14-16-37-28(34)21-6-4-15-32-18-21)33(27-17-23(30)10-13-26(27)31)38(35,36)24-11-8-22(29)9-12-24/h2-13,15,17-19H,14,16H2,1H3/t19-/m1/s1. The molecule has 4 rings (SSSR count). The third-order valence-corrected chi connectivity index (χ3v) is 8.03. The predicted molar refractivity (Wildman–Crippen MR) is 141 cm³/mol. The van der Waals surface area contributed by atoms with Crippen LogP contribution in [0.4, 0.5) is 14.5 Å². The first-order valence-corrected chi connectivity index (χ1v) is 13.4. The van der Waals surface area contributed by atoms with E-state index in [0.29, 0.717) is 21.7 Å². The van der Waals surface area contributed by atoms with Gasteiger partial charge < -0.3 is 4.74 Å². The number of aromatic nitrogens is 1. The van der Waals surface area contributed by atoms with Crippen LogP contribution in [-0.4, -0.2) is 26.0 Å². The van der Waals surface area contributed by atoms with Crippen molar-refractivity contribution in [1.82, 2.24) is 4.98 Å². The molecule has 1 aromatic heterocycles. The van der Waals surface area contributed by atoms with Gasteiger partial charge in [-0.3, -0.25) is 9.29 Å². The quantitative estimate of drug-likeness (QED) is 0.224. The molecule has 0 N–H and O–H groups in total. The molecule has 0 aliphatic rings. The Kier molecular flexibility index (Phi) is 8.38. The zero-order valence-electron chi connectivity index (χ0n) is 20.2. The predicted octanol–water partition coefficient (Wildman–Crippen LogP) is 6.37. The summed E-state index contributed by atoms with van der Waals surface area (Å²) >= 11 is 5.94. The van der Waals surface area contributed by atoms with Crippen molar-refractivity contribution in [2.75, 3.05) is 10.9 Å². The molecule has 10 heteroatoms. The van der Waals surface area contributed by atoms with Gasteiger partial charge in [-0.25, -0.2) is 22.0 Å². The highest BCUT2D eigenvalue weighted by Gasteiger charge is 2.33. The van der Waals surface area contributed by atoms with Gasteiger partial charge in [-0.05, 0) is 66.6 Å². The van der Waals surface area contributed by atoms with Crippen molar-refractivity contribution in [1.29, 1.82) is 0 Å². The molecule has 0 unspecified atom stereocenters. The lowest BCUT2D eigenvalue weighted by atomic mass is 9.99. The number of rotatable bonds is 9. The van der Waals surface area contributed by atoms with Crippen LogP contribution in [0.3, 0.4) is 0 Å². The molecule has 1 atom stereocenters. The first kappa shape index (κ1) is 27.2. The number of carbonyl (C=O) groups is 1. The van der Waals surface area contributed by atoms with Crippen molar-refractivity contribution in [3.63, 3.8) is 0 Å². The van der Waals surface area contributed by atoms with Gasteiger partial charge in [0.2, 0.25) is 0 Å². The Hall–Kier alpha value is -3.82. The number of ether oxygens (including phenoxy) is 1. The van der Waals surface area contributed by atoms with Crippen LogP contribution < -0.4 is 4.31 Å². The van der Waals surface area contributed by atoms with Crippen LogP contribution in [-0.2, 0) is 21.2 Å². The molecule has 0 bridgehead atoms. The smallest absolute Gasteiger partial charge is 0.339 e. The second kappa shape index (κ2) is 11.7. The van der Waals surface area contributed by atoms with Crippen LogP contribution in [0.15, 0.2) is 96.2 Å². The molecule has 0 aliphatic heterocycles. The lowest BCUT2D eigenvalue weighted by molar-refractivity contribution is 0.0508. The van der Waals surface area contributed by atoms with E-state index in [9.17, 15) is 17.6 Å². The summed E-state index contributed by atoms with van der Waals surface area (Å²) in [5.74, 6) is -2.24. The maximum absolute atomic E-state index is 15.0. The minimum Gasteiger partial charge on any atom is -0.462 e. The summed E-state index contributed by atoms with van der Waals surface area (Å²) in [5, 5.41) is 0.326. The number of hydrogen-bond donors (Lipinski definition) is 0. The number of halogens is 3. The second-order valence-electron chi connectivity index (χ2n) is 8.35. The minimum atomic E-state index is -4.37. The van der Waals surface area contributed by atoms with E-state index < -0.39 is 39.4 Å². The van der Waals surface area contributed by atoms with E-state index in [-0.39, 0.29) is 17.9 Å². The Bertz CT molecular complexity index is 1530. The van der Waals surface area contributed by atoms with E-state index in [2.05, 4.69) is 4.98 Å². The SMILES string of the molecule is C[C@H](c1ccccc1CCOC(=O)c1cccnc1)N(c1cc(F)ccc1F)S(=O)(=O)c1ccc(Cl)cc1. The zero-order chi connectivity index (χ0) is 27.3. The van der Waals surface area contributed by atoms with Gasteiger partial charge in [-0.15, -0.1) is 0 Å². The molecule has 0 fully saturated rings. The molecule has 4 aromatic rings. The van der Waals surface area contributed by atoms with Gasteiger partial charge in [-0.2, -0.15) is 0 Å². The Morgan fingerprint density at radius 2 is 1.76 bits per heavy atom. The van der Waals surface area contributed by atoms with E-state index in [0.717, 1.165) is 22.5 Å². The summed E-state index contributed by atoms with van der Waals surface area (Å²) in [6.07, 6.45) is 3.19. The monoisotopic (exact) mass is 556 g/mol. The first-order chi connectivity index (χ1) is 18.2. The third-order valence-electron chi connectivity index (χ3n) is 5.87. The van der Waals surface area contributed by atoms with E-state index in [1.807, 2.05) is 0 Å². The molecule has 0 spiro atoms. The van der Waals surface area contributed by atoms with Crippen molar-refractivity contribution >= 4 is 33.3 Å². The average molecular weight is 557 g/mol. The number of hydrogen-bond acceptors (Lipinski definition) is 5. The molecule has 6 nitrogen and oxygen atoms in total. The molecule has 3 aromatic carbocycles. The van der Waals surface area contributed by atoms with Crippen LogP contribution in [0.2, 0.25) is 5.02 Å². The van der Waals surface area contributed by atoms with E-state index in [1.54, 1.807) is 49.5 Å². The average Bonchev–Trinajstić information content (AvgIpc) is 2.91. The topological polar surface area (TPSA) is 76.6 Å². The van der Waals surface area contributed by atoms with Gasteiger partial charge in [-0.1, -0.05) is 35.9 Å². The second-order valence-corrected chi connectivity index (χ2v) is 10.6. The summed E-state index contributed by atoms with van der Waals surface area (Å²) in [4.78, 5) is 16.0. The van der Waals surface area contributed by atoms with Gasteiger partial charge in [0.1, 0.15) is 11.6 Å². The van der Waals surface area contributed by atoms with Crippen LogP contribution in [0, 0.1) is 11.6 Å². The highest BCUT2D eigenvalue weighted by atomic mass is 35.5.